The summed E-state index contributed by atoms with van der Waals surface area (Å²) in [6, 6.07) is 7.31. The smallest absolute Gasteiger partial charge is 0.277 e. The molecule has 3 rings (SSSR count). The molecule has 2 N–H and O–H groups in total. The van der Waals surface area contributed by atoms with Crippen LogP contribution in [0.3, 0.4) is 0 Å². The van der Waals surface area contributed by atoms with E-state index in [1.54, 1.807) is 12.1 Å². The Morgan fingerprint density at radius 1 is 0.957 bits per heavy atom. The van der Waals surface area contributed by atoms with Crippen molar-refractivity contribution in [2.75, 3.05) is 50.7 Å². The molecule has 1 aromatic rings. The number of aromatic hydroxyl groups is 1. The number of likely N-dealkylation sites (tertiary alicyclic amines) is 1. The highest BCUT2D eigenvalue weighted by Gasteiger charge is 2.25. The lowest BCUT2D eigenvalue weighted by Crippen LogP contribution is -3.13. The molecule has 2 saturated heterocycles. The molecule has 0 radical (unpaired) electrons. The Labute approximate surface area is 138 Å². The van der Waals surface area contributed by atoms with Gasteiger partial charge in [-0.3, -0.25) is 4.79 Å². The average molecular weight is 318 g/mol. The van der Waals surface area contributed by atoms with E-state index >= 15 is 0 Å². The van der Waals surface area contributed by atoms with E-state index in [-0.39, 0.29) is 0 Å². The summed E-state index contributed by atoms with van der Waals surface area (Å²) in [6.07, 6.45) is 5.17. The van der Waals surface area contributed by atoms with Crippen molar-refractivity contribution in [2.24, 2.45) is 0 Å². The summed E-state index contributed by atoms with van der Waals surface area (Å²) in [5.74, 6) is 0.607. The molecule has 0 spiro atoms. The van der Waals surface area contributed by atoms with Gasteiger partial charge in [0.25, 0.3) is 5.91 Å². The Bertz CT molecular complexity index is 502. The van der Waals surface area contributed by atoms with Crippen LogP contribution in [0, 0.1) is 0 Å². The van der Waals surface area contributed by atoms with Crippen LogP contribution in [-0.2, 0) is 4.79 Å². The predicted molar refractivity (Wildman–Crippen MR) is 90.9 cm³/mol. The van der Waals surface area contributed by atoms with Gasteiger partial charge in [-0.25, -0.2) is 0 Å². The average Bonchev–Trinajstić information content (AvgIpc) is 2.84. The van der Waals surface area contributed by atoms with Crippen molar-refractivity contribution in [1.29, 1.82) is 0 Å². The number of nitrogens with one attached hydrogen (secondary N) is 1. The maximum atomic E-state index is 12.5. The van der Waals surface area contributed by atoms with Gasteiger partial charge in [-0.1, -0.05) is 0 Å². The second kappa shape index (κ2) is 7.68. The lowest BCUT2D eigenvalue weighted by molar-refractivity contribution is -0.891. The molecule has 1 aromatic carbocycles. The Hall–Kier alpha value is -1.75. The number of hydrogen-bond donors (Lipinski definition) is 2. The number of piperazine rings is 1. The molecular weight excluding hydrogens is 290 g/mol. The van der Waals surface area contributed by atoms with E-state index in [2.05, 4.69) is 4.90 Å². The Morgan fingerprint density at radius 2 is 1.57 bits per heavy atom. The molecule has 0 atom stereocenters. The Balaban J connectivity index is 1.48. The first kappa shape index (κ1) is 16.1. The van der Waals surface area contributed by atoms with Crippen molar-refractivity contribution in [2.45, 2.75) is 25.7 Å². The Morgan fingerprint density at radius 3 is 2.17 bits per heavy atom. The SMILES string of the molecule is O=C(C[NH+]1CCCCCC1)N1CCN(c2ccc(O)cc2)CC1. The number of rotatable bonds is 3. The van der Waals surface area contributed by atoms with Crippen LogP contribution in [0.15, 0.2) is 24.3 Å². The highest BCUT2D eigenvalue weighted by atomic mass is 16.3. The quantitative estimate of drug-likeness (QED) is 0.853. The third kappa shape index (κ3) is 4.38. The van der Waals surface area contributed by atoms with Gasteiger partial charge in [0, 0.05) is 31.9 Å². The largest absolute Gasteiger partial charge is 0.508 e. The van der Waals surface area contributed by atoms with E-state index < -0.39 is 0 Å². The van der Waals surface area contributed by atoms with E-state index in [1.165, 1.54) is 30.6 Å². The molecule has 126 valence electrons. The highest BCUT2D eigenvalue weighted by Crippen LogP contribution is 2.19. The fourth-order valence-corrected chi connectivity index (χ4v) is 3.61. The van der Waals surface area contributed by atoms with E-state index in [9.17, 15) is 9.90 Å². The van der Waals surface area contributed by atoms with Crippen LogP contribution in [-0.4, -0.2) is 61.7 Å². The minimum absolute atomic E-state index is 0.294. The summed E-state index contributed by atoms with van der Waals surface area (Å²) >= 11 is 0. The van der Waals surface area contributed by atoms with Gasteiger partial charge in [0.15, 0.2) is 6.54 Å². The number of carbonyl (C=O) groups excluding carboxylic acids is 1. The molecule has 2 aliphatic heterocycles. The van der Waals surface area contributed by atoms with Crippen molar-refractivity contribution in [3.63, 3.8) is 0 Å². The fourth-order valence-electron chi connectivity index (χ4n) is 3.61. The van der Waals surface area contributed by atoms with Crippen LogP contribution >= 0.6 is 0 Å². The fraction of sp³-hybridized carbons (Fsp3) is 0.611. The normalized spacial score (nSPS) is 20.3. The molecule has 0 aromatic heterocycles. The van der Waals surface area contributed by atoms with Gasteiger partial charge in [0.05, 0.1) is 13.1 Å². The molecule has 23 heavy (non-hydrogen) atoms. The summed E-state index contributed by atoms with van der Waals surface area (Å²) in [6.45, 7) is 6.30. The first-order chi connectivity index (χ1) is 11.2. The molecule has 2 heterocycles. The highest BCUT2D eigenvalue weighted by molar-refractivity contribution is 5.77. The molecule has 5 nitrogen and oxygen atoms in total. The van der Waals surface area contributed by atoms with Crippen molar-refractivity contribution in [3.05, 3.63) is 24.3 Å². The van der Waals surface area contributed by atoms with Crippen LogP contribution in [0.1, 0.15) is 25.7 Å². The maximum Gasteiger partial charge on any atom is 0.277 e. The van der Waals surface area contributed by atoms with Crippen LogP contribution in [0.2, 0.25) is 0 Å². The lowest BCUT2D eigenvalue weighted by Gasteiger charge is -2.36. The molecule has 2 fully saturated rings. The van der Waals surface area contributed by atoms with Gasteiger partial charge in [-0.2, -0.15) is 0 Å². The number of phenols is 1. The molecule has 5 heteroatoms. The van der Waals surface area contributed by atoms with Crippen molar-refractivity contribution in [3.8, 4) is 5.75 Å². The molecule has 0 aliphatic carbocycles. The van der Waals surface area contributed by atoms with Gasteiger partial charge in [-0.05, 0) is 49.9 Å². The lowest BCUT2D eigenvalue weighted by atomic mass is 10.2. The van der Waals surface area contributed by atoms with Crippen molar-refractivity contribution in [1.82, 2.24) is 4.90 Å². The Kier molecular flexibility index (Phi) is 5.39. The van der Waals surface area contributed by atoms with Crippen molar-refractivity contribution >= 4 is 11.6 Å². The molecular formula is C18H28N3O2+. The number of carbonyl (C=O) groups is 1. The molecule has 0 unspecified atom stereocenters. The first-order valence-electron chi connectivity index (χ1n) is 8.88. The monoisotopic (exact) mass is 318 g/mol. The number of nitrogens with zero attached hydrogens (tertiary/aromatic N) is 2. The van der Waals surface area contributed by atoms with E-state index in [1.807, 2.05) is 17.0 Å². The second-order valence-electron chi connectivity index (χ2n) is 6.73. The minimum Gasteiger partial charge on any atom is -0.508 e. The zero-order valence-electron chi connectivity index (χ0n) is 13.8. The summed E-state index contributed by atoms with van der Waals surface area (Å²) in [5.41, 5.74) is 1.12. The van der Waals surface area contributed by atoms with Gasteiger partial charge >= 0.3 is 0 Å². The maximum absolute atomic E-state index is 12.5. The van der Waals surface area contributed by atoms with Crippen LogP contribution < -0.4 is 9.80 Å². The van der Waals surface area contributed by atoms with Crippen LogP contribution in [0.4, 0.5) is 5.69 Å². The zero-order chi connectivity index (χ0) is 16.1. The third-order valence-electron chi connectivity index (χ3n) is 5.06. The van der Waals surface area contributed by atoms with Crippen LogP contribution in [0.5, 0.6) is 5.75 Å². The second-order valence-corrected chi connectivity index (χ2v) is 6.73. The summed E-state index contributed by atoms with van der Waals surface area (Å²) in [7, 11) is 0. The molecule has 1 amide bonds. The topological polar surface area (TPSA) is 48.2 Å². The van der Waals surface area contributed by atoms with Crippen molar-refractivity contribution < 1.29 is 14.8 Å². The molecule has 2 aliphatic rings. The molecule has 0 bridgehead atoms. The van der Waals surface area contributed by atoms with Gasteiger partial charge in [0.1, 0.15) is 5.75 Å². The van der Waals surface area contributed by atoms with E-state index in [0.29, 0.717) is 18.2 Å². The zero-order valence-corrected chi connectivity index (χ0v) is 13.8. The number of anilines is 1. The number of amides is 1. The summed E-state index contributed by atoms with van der Waals surface area (Å²) in [5, 5.41) is 9.37. The third-order valence-corrected chi connectivity index (χ3v) is 5.06. The minimum atomic E-state index is 0.294. The van der Waals surface area contributed by atoms with Gasteiger partial charge in [-0.15, -0.1) is 0 Å². The number of quaternary nitrogens is 1. The van der Waals surface area contributed by atoms with Crippen LogP contribution in [0.25, 0.3) is 0 Å². The molecule has 0 saturated carbocycles. The number of benzene rings is 1. The van der Waals surface area contributed by atoms with Gasteiger partial charge in [0.2, 0.25) is 0 Å². The predicted octanol–water partition coefficient (Wildman–Crippen LogP) is 0.500. The number of phenolic OH excluding ortho intramolecular Hbond substituents is 1. The standard InChI is InChI=1S/C18H27N3O2/c22-17-7-5-16(6-8-17)20-11-13-21(14-12-20)18(23)15-19-9-3-1-2-4-10-19/h5-8,22H,1-4,9-15H2/p+1. The first-order valence-corrected chi connectivity index (χ1v) is 8.88. The summed E-state index contributed by atoms with van der Waals surface area (Å²) < 4.78 is 0. The number of hydrogen-bond acceptors (Lipinski definition) is 3. The van der Waals surface area contributed by atoms with Gasteiger partial charge < -0.3 is 19.8 Å². The summed E-state index contributed by atoms with van der Waals surface area (Å²) in [4.78, 5) is 18.3. The van der Waals surface area contributed by atoms with E-state index in [0.717, 1.165) is 45.0 Å². The van der Waals surface area contributed by atoms with E-state index in [4.69, 9.17) is 0 Å².